The standard InChI is InChI=1S/C17H14F2N2O2/c18-12-5-7-13(8-6-12)20-17(23)11-9-16(22)21(10-11)15-4-2-1-3-14(15)19/h1-8,11H,9-10H2,(H,20,23). The van der Waals surface area contributed by atoms with Gasteiger partial charge in [0.2, 0.25) is 11.8 Å². The molecule has 1 N–H and O–H groups in total. The molecule has 2 aromatic rings. The molecule has 0 radical (unpaired) electrons. The van der Waals surface area contributed by atoms with Gasteiger partial charge in [-0.3, -0.25) is 9.59 Å². The van der Waals surface area contributed by atoms with Crippen LogP contribution in [0.25, 0.3) is 0 Å². The Morgan fingerprint density at radius 2 is 1.78 bits per heavy atom. The number of amides is 2. The van der Waals surface area contributed by atoms with Crippen molar-refractivity contribution in [1.29, 1.82) is 0 Å². The lowest BCUT2D eigenvalue weighted by molar-refractivity contribution is -0.122. The monoisotopic (exact) mass is 316 g/mol. The van der Waals surface area contributed by atoms with Crippen molar-refractivity contribution < 1.29 is 18.4 Å². The third kappa shape index (κ3) is 3.21. The molecule has 1 aliphatic heterocycles. The number of nitrogens with zero attached hydrogens (tertiary/aromatic N) is 1. The Bertz CT molecular complexity index is 747. The van der Waals surface area contributed by atoms with E-state index in [0.29, 0.717) is 5.69 Å². The molecule has 3 rings (SSSR count). The molecule has 4 nitrogen and oxygen atoms in total. The van der Waals surface area contributed by atoms with Gasteiger partial charge in [0.25, 0.3) is 0 Å². The smallest absolute Gasteiger partial charge is 0.229 e. The van der Waals surface area contributed by atoms with Crippen molar-refractivity contribution in [2.45, 2.75) is 6.42 Å². The van der Waals surface area contributed by atoms with E-state index in [-0.39, 0.29) is 30.5 Å². The van der Waals surface area contributed by atoms with Crippen LogP contribution in [0, 0.1) is 17.6 Å². The number of carbonyl (C=O) groups excluding carboxylic acids is 2. The van der Waals surface area contributed by atoms with Crippen LogP contribution in [-0.4, -0.2) is 18.4 Å². The number of anilines is 2. The van der Waals surface area contributed by atoms with E-state index < -0.39 is 17.6 Å². The molecule has 0 saturated carbocycles. The Morgan fingerprint density at radius 1 is 1.09 bits per heavy atom. The van der Waals surface area contributed by atoms with Crippen LogP contribution in [0.1, 0.15) is 6.42 Å². The second-order valence-corrected chi connectivity index (χ2v) is 5.35. The fraction of sp³-hybridized carbons (Fsp3) is 0.176. The molecule has 0 aliphatic carbocycles. The van der Waals surface area contributed by atoms with Crippen molar-refractivity contribution in [2.24, 2.45) is 5.92 Å². The molecule has 0 spiro atoms. The van der Waals surface area contributed by atoms with Crippen LogP contribution in [0.2, 0.25) is 0 Å². The van der Waals surface area contributed by atoms with Crippen molar-refractivity contribution in [2.75, 3.05) is 16.8 Å². The summed E-state index contributed by atoms with van der Waals surface area (Å²) < 4.78 is 26.7. The zero-order valence-electron chi connectivity index (χ0n) is 12.1. The highest BCUT2D eigenvalue weighted by molar-refractivity contribution is 6.03. The number of rotatable bonds is 3. The summed E-state index contributed by atoms with van der Waals surface area (Å²) in [4.78, 5) is 25.6. The van der Waals surface area contributed by atoms with Gasteiger partial charge in [-0.2, -0.15) is 0 Å². The van der Waals surface area contributed by atoms with Crippen LogP contribution in [0.3, 0.4) is 0 Å². The molecular weight excluding hydrogens is 302 g/mol. The third-order valence-electron chi connectivity index (χ3n) is 3.75. The van der Waals surface area contributed by atoms with Crippen molar-refractivity contribution in [3.63, 3.8) is 0 Å². The maximum atomic E-state index is 13.8. The first-order valence-electron chi connectivity index (χ1n) is 7.16. The molecule has 1 saturated heterocycles. The van der Waals surface area contributed by atoms with Crippen molar-refractivity contribution >= 4 is 23.2 Å². The first-order valence-corrected chi connectivity index (χ1v) is 7.16. The largest absolute Gasteiger partial charge is 0.326 e. The van der Waals surface area contributed by atoms with Crippen LogP contribution in [-0.2, 0) is 9.59 Å². The van der Waals surface area contributed by atoms with Gasteiger partial charge < -0.3 is 10.2 Å². The highest BCUT2D eigenvalue weighted by Gasteiger charge is 2.36. The topological polar surface area (TPSA) is 49.4 Å². The van der Waals surface area contributed by atoms with E-state index in [9.17, 15) is 18.4 Å². The van der Waals surface area contributed by atoms with Gasteiger partial charge in [0.15, 0.2) is 0 Å². The predicted octanol–water partition coefficient (Wildman–Crippen LogP) is 2.96. The van der Waals surface area contributed by atoms with Crippen LogP contribution < -0.4 is 10.2 Å². The van der Waals surface area contributed by atoms with E-state index in [1.54, 1.807) is 6.07 Å². The highest BCUT2D eigenvalue weighted by atomic mass is 19.1. The zero-order chi connectivity index (χ0) is 16.4. The Kier molecular flexibility index (Phi) is 4.06. The summed E-state index contributed by atoms with van der Waals surface area (Å²) in [5.41, 5.74) is 0.628. The minimum Gasteiger partial charge on any atom is -0.326 e. The normalized spacial score (nSPS) is 17.4. The quantitative estimate of drug-likeness (QED) is 0.946. The number of halogens is 2. The van der Waals surface area contributed by atoms with E-state index in [4.69, 9.17) is 0 Å². The van der Waals surface area contributed by atoms with Gasteiger partial charge in [-0.15, -0.1) is 0 Å². The molecule has 0 aromatic heterocycles. The third-order valence-corrected chi connectivity index (χ3v) is 3.75. The SMILES string of the molecule is O=C(Nc1ccc(F)cc1)C1CC(=O)N(c2ccccc2F)C1. The van der Waals surface area contributed by atoms with Gasteiger partial charge in [-0.1, -0.05) is 12.1 Å². The summed E-state index contributed by atoms with van der Waals surface area (Å²) in [5, 5.41) is 2.64. The molecule has 1 unspecified atom stereocenters. The molecule has 1 aliphatic rings. The predicted molar refractivity (Wildman–Crippen MR) is 81.9 cm³/mol. The van der Waals surface area contributed by atoms with Crippen molar-refractivity contribution in [3.8, 4) is 0 Å². The van der Waals surface area contributed by atoms with Gasteiger partial charge in [0.1, 0.15) is 11.6 Å². The molecule has 2 aromatic carbocycles. The van der Waals surface area contributed by atoms with Gasteiger partial charge >= 0.3 is 0 Å². The Balaban J connectivity index is 1.71. The second-order valence-electron chi connectivity index (χ2n) is 5.35. The summed E-state index contributed by atoms with van der Waals surface area (Å²) in [7, 11) is 0. The maximum absolute atomic E-state index is 13.8. The van der Waals surface area contributed by atoms with Crippen LogP contribution in [0.15, 0.2) is 48.5 Å². The molecule has 1 atom stereocenters. The van der Waals surface area contributed by atoms with Gasteiger partial charge in [0.05, 0.1) is 11.6 Å². The fourth-order valence-electron chi connectivity index (χ4n) is 2.56. The fourth-order valence-corrected chi connectivity index (χ4v) is 2.56. The summed E-state index contributed by atoms with van der Waals surface area (Å²) in [5.74, 6) is -2.12. The van der Waals surface area contributed by atoms with E-state index >= 15 is 0 Å². The minimum absolute atomic E-state index is 0.0152. The number of para-hydroxylation sites is 1. The maximum Gasteiger partial charge on any atom is 0.229 e. The van der Waals surface area contributed by atoms with Crippen LogP contribution >= 0.6 is 0 Å². The average Bonchev–Trinajstić information content (AvgIpc) is 2.92. The van der Waals surface area contributed by atoms with E-state index in [1.807, 2.05) is 0 Å². The van der Waals surface area contributed by atoms with E-state index in [0.717, 1.165) is 0 Å². The van der Waals surface area contributed by atoms with Gasteiger partial charge in [-0.25, -0.2) is 8.78 Å². The summed E-state index contributed by atoms with van der Waals surface area (Å²) >= 11 is 0. The number of nitrogens with one attached hydrogen (secondary N) is 1. The number of carbonyl (C=O) groups is 2. The molecule has 1 fully saturated rings. The van der Waals surface area contributed by atoms with Crippen molar-refractivity contribution in [1.82, 2.24) is 0 Å². The minimum atomic E-state index is -0.577. The number of hydrogen-bond acceptors (Lipinski definition) is 2. The molecule has 2 amide bonds. The first-order chi connectivity index (χ1) is 11.0. The Hall–Kier alpha value is -2.76. The molecule has 118 valence electrons. The van der Waals surface area contributed by atoms with Gasteiger partial charge in [-0.05, 0) is 36.4 Å². The Morgan fingerprint density at radius 3 is 2.48 bits per heavy atom. The average molecular weight is 316 g/mol. The number of hydrogen-bond donors (Lipinski definition) is 1. The second kappa shape index (κ2) is 6.16. The van der Waals surface area contributed by atoms with Crippen LogP contribution in [0.5, 0.6) is 0 Å². The number of benzene rings is 2. The highest BCUT2D eigenvalue weighted by Crippen LogP contribution is 2.28. The molecule has 6 heteroatoms. The van der Waals surface area contributed by atoms with Crippen molar-refractivity contribution in [3.05, 3.63) is 60.2 Å². The van der Waals surface area contributed by atoms with Gasteiger partial charge in [0, 0.05) is 18.7 Å². The van der Waals surface area contributed by atoms with Crippen LogP contribution in [0.4, 0.5) is 20.2 Å². The summed E-state index contributed by atoms with van der Waals surface area (Å²) in [6, 6.07) is 11.3. The molecular formula is C17H14F2N2O2. The summed E-state index contributed by atoms with van der Waals surface area (Å²) in [6.07, 6.45) is 0.0152. The lowest BCUT2D eigenvalue weighted by atomic mass is 10.1. The lowest BCUT2D eigenvalue weighted by Gasteiger charge is -2.17. The summed E-state index contributed by atoms with van der Waals surface area (Å²) in [6.45, 7) is 0.118. The molecule has 1 heterocycles. The van der Waals surface area contributed by atoms with E-state index in [2.05, 4.69) is 5.32 Å². The molecule has 0 bridgehead atoms. The zero-order valence-corrected chi connectivity index (χ0v) is 12.1. The first kappa shape index (κ1) is 15.1. The lowest BCUT2D eigenvalue weighted by Crippen LogP contribution is -2.28. The Labute approximate surface area is 131 Å². The molecule has 23 heavy (non-hydrogen) atoms. The van der Waals surface area contributed by atoms with E-state index in [1.165, 1.54) is 47.4 Å².